The molecule has 1 N–H and O–H groups in total. The highest BCUT2D eigenvalue weighted by atomic mass is 79.9. The van der Waals surface area contributed by atoms with Gasteiger partial charge in [-0.2, -0.15) is 0 Å². The van der Waals surface area contributed by atoms with Crippen LogP contribution in [0.4, 0.5) is 5.69 Å². The number of benzene rings is 1. The first kappa shape index (κ1) is 16.8. The number of nitrogens with zero attached hydrogens (tertiary/aromatic N) is 2. The topological polar surface area (TPSA) is 18.5 Å². The highest BCUT2D eigenvalue weighted by Gasteiger charge is 2.24. The van der Waals surface area contributed by atoms with Crippen LogP contribution in [0.25, 0.3) is 0 Å². The highest BCUT2D eigenvalue weighted by Crippen LogP contribution is 2.31. The quantitative estimate of drug-likeness (QED) is 0.871. The van der Waals surface area contributed by atoms with Gasteiger partial charge in [-0.15, -0.1) is 0 Å². The minimum Gasteiger partial charge on any atom is -0.368 e. The van der Waals surface area contributed by atoms with Crippen LogP contribution >= 0.6 is 15.9 Å². The summed E-state index contributed by atoms with van der Waals surface area (Å²) in [4.78, 5) is 5.11. The summed E-state index contributed by atoms with van der Waals surface area (Å²) in [6.45, 7) is 14.5. The van der Waals surface area contributed by atoms with E-state index in [0.717, 1.165) is 37.2 Å². The molecular weight excluding hydrogens is 326 g/mol. The largest absolute Gasteiger partial charge is 0.368 e. The molecule has 0 bridgehead atoms. The molecule has 21 heavy (non-hydrogen) atoms. The summed E-state index contributed by atoms with van der Waals surface area (Å²) >= 11 is 3.62. The van der Waals surface area contributed by atoms with E-state index in [1.165, 1.54) is 11.3 Å². The number of halogens is 1. The molecule has 1 heterocycles. The van der Waals surface area contributed by atoms with Crippen LogP contribution in [0.2, 0.25) is 0 Å². The number of nitrogens with one attached hydrogen (secondary N) is 1. The fourth-order valence-corrected chi connectivity index (χ4v) is 3.64. The van der Waals surface area contributed by atoms with Crippen molar-refractivity contribution < 1.29 is 0 Å². The van der Waals surface area contributed by atoms with Gasteiger partial charge in [0.05, 0.1) is 0 Å². The van der Waals surface area contributed by atoms with Crippen molar-refractivity contribution in [2.45, 2.75) is 39.8 Å². The fourth-order valence-electron chi connectivity index (χ4n) is 3.26. The molecule has 0 amide bonds. The molecule has 0 aliphatic carbocycles. The summed E-state index contributed by atoms with van der Waals surface area (Å²) in [6, 6.07) is 7.69. The first-order valence-corrected chi connectivity index (χ1v) is 8.87. The number of piperazine rings is 1. The highest BCUT2D eigenvalue weighted by molar-refractivity contribution is 9.10. The second-order valence-corrected chi connectivity index (χ2v) is 6.82. The molecule has 3 nitrogen and oxygen atoms in total. The lowest BCUT2D eigenvalue weighted by Crippen LogP contribution is -2.52. The summed E-state index contributed by atoms with van der Waals surface area (Å²) in [5, 5.41) is 3.54. The van der Waals surface area contributed by atoms with Gasteiger partial charge in [0.1, 0.15) is 0 Å². The van der Waals surface area contributed by atoms with Crippen LogP contribution in [0.1, 0.15) is 39.3 Å². The average Bonchev–Trinajstić information content (AvgIpc) is 2.47. The average molecular weight is 354 g/mol. The maximum atomic E-state index is 3.62. The van der Waals surface area contributed by atoms with Crippen molar-refractivity contribution in [1.29, 1.82) is 0 Å². The first-order chi connectivity index (χ1) is 10.1. The standard InChI is InChI=1S/C17H28BrN3/c1-5-19-14(4)16-11-15(18)7-8-17(16)21-10-9-20(6-2)13(3)12-21/h7-8,11,13-14,19H,5-6,9-10,12H2,1-4H3. The Kier molecular flexibility index (Phi) is 6.08. The van der Waals surface area contributed by atoms with E-state index >= 15 is 0 Å². The van der Waals surface area contributed by atoms with E-state index in [9.17, 15) is 0 Å². The molecule has 2 unspecified atom stereocenters. The molecule has 1 aliphatic rings. The predicted molar refractivity (Wildman–Crippen MR) is 95.2 cm³/mol. The van der Waals surface area contributed by atoms with Crippen LogP contribution in [-0.4, -0.2) is 43.7 Å². The molecule has 0 radical (unpaired) electrons. The van der Waals surface area contributed by atoms with Crippen molar-refractivity contribution in [3.63, 3.8) is 0 Å². The zero-order valence-electron chi connectivity index (χ0n) is 13.7. The number of rotatable bonds is 5. The molecule has 2 rings (SSSR count). The summed E-state index contributed by atoms with van der Waals surface area (Å²) in [6.07, 6.45) is 0. The van der Waals surface area contributed by atoms with Gasteiger partial charge in [0.2, 0.25) is 0 Å². The van der Waals surface area contributed by atoms with Crippen molar-refractivity contribution in [2.75, 3.05) is 37.6 Å². The van der Waals surface area contributed by atoms with Gasteiger partial charge in [-0.3, -0.25) is 4.90 Å². The molecule has 2 atom stereocenters. The second kappa shape index (κ2) is 7.61. The molecule has 0 saturated carbocycles. The van der Waals surface area contributed by atoms with Crippen molar-refractivity contribution in [2.24, 2.45) is 0 Å². The molecule has 0 spiro atoms. The van der Waals surface area contributed by atoms with E-state index in [1.807, 2.05) is 0 Å². The molecule has 118 valence electrons. The second-order valence-electron chi connectivity index (χ2n) is 5.91. The van der Waals surface area contributed by atoms with Crippen molar-refractivity contribution in [1.82, 2.24) is 10.2 Å². The Hall–Kier alpha value is -0.580. The van der Waals surface area contributed by atoms with Gasteiger partial charge < -0.3 is 10.2 Å². The van der Waals surface area contributed by atoms with Gasteiger partial charge in [0, 0.05) is 41.9 Å². The van der Waals surface area contributed by atoms with Gasteiger partial charge in [0.15, 0.2) is 0 Å². The number of anilines is 1. The molecule has 1 aromatic carbocycles. The number of hydrogen-bond acceptors (Lipinski definition) is 3. The minimum absolute atomic E-state index is 0.377. The van der Waals surface area contributed by atoms with Gasteiger partial charge in [-0.25, -0.2) is 0 Å². The Balaban J connectivity index is 2.23. The monoisotopic (exact) mass is 353 g/mol. The van der Waals surface area contributed by atoms with Gasteiger partial charge >= 0.3 is 0 Å². The molecule has 1 fully saturated rings. The van der Waals surface area contributed by atoms with Crippen LogP contribution in [0.3, 0.4) is 0 Å². The Morgan fingerprint density at radius 3 is 2.71 bits per heavy atom. The van der Waals surface area contributed by atoms with Crippen molar-refractivity contribution >= 4 is 21.6 Å². The van der Waals surface area contributed by atoms with Gasteiger partial charge in [-0.05, 0) is 50.7 Å². The Bertz CT molecular complexity index is 463. The molecule has 4 heteroatoms. The van der Waals surface area contributed by atoms with Gasteiger partial charge in [0.25, 0.3) is 0 Å². The summed E-state index contributed by atoms with van der Waals surface area (Å²) < 4.78 is 1.16. The molecule has 1 aliphatic heterocycles. The lowest BCUT2D eigenvalue weighted by atomic mass is 10.0. The summed E-state index contributed by atoms with van der Waals surface area (Å²) in [5.74, 6) is 0. The SMILES string of the molecule is CCNC(C)c1cc(Br)ccc1N1CCN(CC)C(C)C1. The third kappa shape index (κ3) is 3.99. The maximum Gasteiger partial charge on any atom is 0.0416 e. The normalized spacial score (nSPS) is 21.6. The van der Waals surface area contributed by atoms with Crippen LogP contribution in [0.5, 0.6) is 0 Å². The van der Waals surface area contributed by atoms with E-state index in [4.69, 9.17) is 0 Å². The lowest BCUT2D eigenvalue weighted by Gasteiger charge is -2.41. The third-order valence-electron chi connectivity index (χ3n) is 4.48. The van der Waals surface area contributed by atoms with Crippen LogP contribution in [-0.2, 0) is 0 Å². The summed E-state index contributed by atoms with van der Waals surface area (Å²) in [5.41, 5.74) is 2.78. The lowest BCUT2D eigenvalue weighted by molar-refractivity contribution is 0.199. The molecule has 0 aromatic heterocycles. The minimum atomic E-state index is 0.377. The third-order valence-corrected chi connectivity index (χ3v) is 4.97. The predicted octanol–water partition coefficient (Wildman–Crippen LogP) is 3.65. The zero-order chi connectivity index (χ0) is 15.4. The maximum absolute atomic E-state index is 3.62. The Morgan fingerprint density at radius 2 is 2.10 bits per heavy atom. The van der Waals surface area contributed by atoms with Crippen LogP contribution < -0.4 is 10.2 Å². The van der Waals surface area contributed by atoms with E-state index < -0.39 is 0 Å². The van der Waals surface area contributed by atoms with Crippen molar-refractivity contribution in [3.05, 3.63) is 28.2 Å². The number of hydrogen-bond donors (Lipinski definition) is 1. The Labute approximate surface area is 137 Å². The van der Waals surface area contributed by atoms with E-state index in [-0.39, 0.29) is 0 Å². The van der Waals surface area contributed by atoms with E-state index in [0.29, 0.717) is 12.1 Å². The molecular formula is C17H28BrN3. The van der Waals surface area contributed by atoms with Crippen LogP contribution in [0, 0.1) is 0 Å². The molecule has 1 saturated heterocycles. The van der Waals surface area contributed by atoms with Crippen molar-refractivity contribution in [3.8, 4) is 0 Å². The van der Waals surface area contributed by atoms with Gasteiger partial charge in [-0.1, -0.05) is 29.8 Å². The van der Waals surface area contributed by atoms with E-state index in [1.54, 1.807) is 0 Å². The first-order valence-electron chi connectivity index (χ1n) is 8.08. The van der Waals surface area contributed by atoms with E-state index in [2.05, 4.69) is 76.9 Å². The van der Waals surface area contributed by atoms with Crippen LogP contribution in [0.15, 0.2) is 22.7 Å². The zero-order valence-corrected chi connectivity index (χ0v) is 15.3. The fraction of sp³-hybridized carbons (Fsp3) is 0.647. The Morgan fingerprint density at radius 1 is 1.33 bits per heavy atom. The summed E-state index contributed by atoms with van der Waals surface area (Å²) in [7, 11) is 0. The smallest absolute Gasteiger partial charge is 0.0416 e. The molecule has 1 aromatic rings. The number of likely N-dealkylation sites (N-methyl/N-ethyl adjacent to an activating group) is 1.